The minimum atomic E-state index is -0.836. The van der Waals surface area contributed by atoms with Crippen LogP contribution in [-0.4, -0.2) is 29.2 Å². The van der Waals surface area contributed by atoms with Gasteiger partial charge in [0.1, 0.15) is 0 Å². The van der Waals surface area contributed by atoms with E-state index in [9.17, 15) is 4.79 Å². The lowest BCUT2D eigenvalue weighted by Gasteiger charge is -2.15. The third kappa shape index (κ3) is 2.94. The fourth-order valence-electron chi connectivity index (χ4n) is 1.69. The zero-order chi connectivity index (χ0) is 9.68. The predicted octanol–water partition coefficient (Wildman–Crippen LogP) is 1.68. The van der Waals surface area contributed by atoms with Crippen LogP contribution in [0.1, 0.15) is 25.7 Å². The fraction of sp³-hybridized carbons (Fsp3) is 0.778. The summed E-state index contributed by atoms with van der Waals surface area (Å²) in [4.78, 5) is 12.1. The standard InChI is InChI=1S/C9H14N2O2/c10-5-3-8-2-1-6-11(7-4-8)9(12)13/h8H,1-4,6-7H2,(H,12,13). The Morgan fingerprint density at radius 2 is 2.31 bits per heavy atom. The molecule has 0 saturated carbocycles. The zero-order valence-electron chi connectivity index (χ0n) is 7.57. The van der Waals surface area contributed by atoms with E-state index >= 15 is 0 Å². The van der Waals surface area contributed by atoms with Crippen LogP contribution in [0, 0.1) is 17.2 Å². The van der Waals surface area contributed by atoms with Gasteiger partial charge in [-0.05, 0) is 25.2 Å². The number of nitriles is 1. The molecule has 72 valence electrons. The van der Waals surface area contributed by atoms with Gasteiger partial charge < -0.3 is 10.0 Å². The number of hydrogen-bond donors (Lipinski definition) is 1. The molecule has 0 aliphatic carbocycles. The van der Waals surface area contributed by atoms with Crippen molar-refractivity contribution in [2.45, 2.75) is 25.7 Å². The molecule has 4 heteroatoms. The lowest BCUT2D eigenvalue weighted by atomic mass is 9.98. The summed E-state index contributed by atoms with van der Waals surface area (Å²) >= 11 is 0. The van der Waals surface area contributed by atoms with Crippen molar-refractivity contribution in [1.82, 2.24) is 4.90 Å². The molecule has 1 unspecified atom stereocenters. The number of likely N-dealkylation sites (tertiary alicyclic amines) is 1. The van der Waals surface area contributed by atoms with Crippen molar-refractivity contribution in [2.75, 3.05) is 13.1 Å². The van der Waals surface area contributed by atoms with E-state index in [0.717, 1.165) is 19.3 Å². The number of carbonyl (C=O) groups is 1. The zero-order valence-corrected chi connectivity index (χ0v) is 7.57. The van der Waals surface area contributed by atoms with Crippen molar-refractivity contribution in [3.05, 3.63) is 0 Å². The lowest BCUT2D eigenvalue weighted by molar-refractivity contribution is 0.146. The number of carboxylic acid groups (broad SMARTS) is 1. The molecule has 1 amide bonds. The van der Waals surface area contributed by atoms with Gasteiger partial charge >= 0.3 is 6.09 Å². The normalized spacial score (nSPS) is 23.3. The van der Waals surface area contributed by atoms with Crippen molar-refractivity contribution in [3.8, 4) is 6.07 Å². The van der Waals surface area contributed by atoms with Gasteiger partial charge in [0.2, 0.25) is 0 Å². The third-order valence-electron chi connectivity index (χ3n) is 2.50. The Bertz CT molecular complexity index is 222. The molecule has 1 atom stereocenters. The van der Waals surface area contributed by atoms with E-state index in [1.165, 1.54) is 4.90 Å². The second kappa shape index (κ2) is 4.70. The van der Waals surface area contributed by atoms with E-state index in [4.69, 9.17) is 10.4 Å². The third-order valence-corrected chi connectivity index (χ3v) is 2.50. The summed E-state index contributed by atoms with van der Waals surface area (Å²) in [5.41, 5.74) is 0. The monoisotopic (exact) mass is 182 g/mol. The Balaban J connectivity index is 2.40. The van der Waals surface area contributed by atoms with Crippen LogP contribution in [0.5, 0.6) is 0 Å². The molecule has 13 heavy (non-hydrogen) atoms. The van der Waals surface area contributed by atoms with Crippen LogP contribution in [0.2, 0.25) is 0 Å². The first-order chi connectivity index (χ1) is 6.24. The van der Waals surface area contributed by atoms with Crippen LogP contribution in [0.25, 0.3) is 0 Å². The SMILES string of the molecule is N#CCC1CCCN(C(=O)O)CC1. The summed E-state index contributed by atoms with van der Waals surface area (Å²) in [6.07, 6.45) is 2.43. The second-order valence-electron chi connectivity index (χ2n) is 3.43. The average Bonchev–Trinajstić information content (AvgIpc) is 2.30. The maximum Gasteiger partial charge on any atom is 0.407 e. The van der Waals surface area contributed by atoms with E-state index in [0.29, 0.717) is 25.4 Å². The molecule has 1 N–H and O–H groups in total. The molecule has 0 spiro atoms. The highest BCUT2D eigenvalue weighted by molar-refractivity contribution is 5.64. The highest BCUT2D eigenvalue weighted by Crippen LogP contribution is 2.19. The van der Waals surface area contributed by atoms with Crippen LogP contribution >= 0.6 is 0 Å². The Hall–Kier alpha value is -1.24. The Morgan fingerprint density at radius 3 is 2.92 bits per heavy atom. The summed E-state index contributed by atoms with van der Waals surface area (Å²) in [6, 6.07) is 2.14. The van der Waals surface area contributed by atoms with Gasteiger partial charge in [-0.25, -0.2) is 4.79 Å². The summed E-state index contributed by atoms with van der Waals surface area (Å²) in [6.45, 7) is 1.21. The Kier molecular flexibility index (Phi) is 3.56. The smallest absolute Gasteiger partial charge is 0.407 e. The van der Waals surface area contributed by atoms with E-state index in [2.05, 4.69) is 6.07 Å². The van der Waals surface area contributed by atoms with Crippen molar-refractivity contribution >= 4 is 6.09 Å². The largest absolute Gasteiger partial charge is 0.465 e. The van der Waals surface area contributed by atoms with Crippen LogP contribution in [0.3, 0.4) is 0 Å². The van der Waals surface area contributed by atoms with Crippen molar-refractivity contribution in [1.29, 1.82) is 5.26 Å². The molecule has 1 rings (SSSR count). The lowest BCUT2D eigenvalue weighted by Crippen LogP contribution is -2.30. The van der Waals surface area contributed by atoms with E-state index in [1.54, 1.807) is 0 Å². The van der Waals surface area contributed by atoms with Gasteiger partial charge in [0.25, 0.3) is 0 Å². The van der Waals surface area contributed by atoms with Gasteiger partial charge in [-0.15, -0.1) is 0 Å². The van der Waals surface area contributed by atoms with Gasteiger partial charge in [-0.2, -0.15) is 5.26 Å². The molecule has 1 saturated heterocycles. The highest BCUT2D eigenvalue weighted by Gasteiger charge is 2.19. The second-order valence-corrected chi connectivity index (χ2v) is 3.43. The van der Waals surface area contributed by atoms with Gasteiger partial charge in [-0.1, -0.05) is 0 Å². The highest BCUT2D eigenvalue weighted by atomic mass is 16.4. The molecule has 1 aliphatic heterocycles. The molecule has 4 nitrogen and oxygen atoms in total. The first-order valence-corrected chi connectivity index (χ1v) is 4.59. The van der Waals surface area contributed by atoms with Gasteiger partial charge in [-0.3, -0.25) is 0 Å². The first kappa shape index (κ1) is 9.85. The van der Waals surface area contributed by atoms with E-state index in [-0.39, 0.29) is 0 Å². The van der Waals surface area contributed by atoms with Crippen LogP contribution < -0.4 is 0 Å². The minimum Gasteiger partial charge on any atom is -0.465 e. The molecule has 1 aliphatic rings. The van der Waals surface area contributed by atoms with Crippen molar-refractivity contribution < 1.29 is 9.90 Å². The quantitative estimate of drug-likeness (QED) is 0.671. The van der Waals surface area contributed by atoms with Gasteiger partial charge in [0.15, 0.2) is 0 Å². The Labute approximate surface area is 77.8 Å². The summed E-state index contributed by atoms with van der Waals surface area (Å²) < 4.78 is 0. The van der Waals surface area contributed by atoms with Crippen LogP contribution in [0.15, 0.2) is 0 Å². The molecular formula is C9H14N2O2. The Morgan fingerprint density at radius 1 is 1.54 bits per heavy atom. The molecule has 1 heterocycles. The minimum absolute atomic E-state index is 0.398. The molecule has 1 fully saturated rings. The van der Waals surface area contributed by atoms with Gasteiger partial charge in [0.05, 0.1) is 6.07 Å². The fourth-order valence-corrected chi connectivity index (χ4v) is 1.69. The van der Waals surface area contributed by atoms with Crippen molar-refractivity contribution in [3.63, 3.8) is 0 Å². The maximum atomic E-state index is 10.6. The molecular weight excluding hydrogens is 168 g/mol. The molecule has 0 aromatic carbocycles. The predicted molar refractivity (Wildman–Crippen MR) is 47.2 cm³/mol. The number of rotatable bonds is 1. The molecule has 0 aromatic rings. The average molecular weight is 182 g/mol. The van der Waals surface area contributed by atoms with Crippen LogP contribution in [-0.2, 0) is 0 Å². The summed E-state index contributed by atoms with van der Waals surface area (Å²) in [5.74, 6) is 0.398. The van der Waals surface area contributed by atoms with Crippen molar-refractivity contribution in [2.24, 2.45) is 5.92 Å². The number of hydrogen-bond acceptors (Lipinski definition) is 2. The molecule has 0 aromatic heterocycles. The van der Waals surface area contributed by atoms with Gasteiger partial charge in [0, 0.05) is 19.5 Å². The van der Waals surface area contributed by atoms with Crippen LogP contribution in [0.4, 0.5) is 4.79 Å². The summed E-state index contributed by atoms with van der Waals surface area (Å²) in [7, 11) is 0. The summed E-state index contributed by atoms with van der Waals surface area (Å²) in [5, 5.41) is 17.2. The molecule has 0 bridgehead atoms. The molecule has 0 radical (unpaired) electrons. The number of nitrogens with zero attached hydrogens (tertiary/aromatic N) is 2. The number of amides is 1. The van der Waals surface area contributed by atoms with E-state index < -0.39 is 6.09 Å². The topological polar surface area (TPSA) is 64.3 Å². The first-order valence-electron chi connectivity index (χ1n) is 4.59. The maximum absolute atomic E-state index is 10.6. The van der Waals surface area contributed by atoms with E-state index in [1.807, 2.05) is 0 Å².